The van der Waals surface area contributed by atoms with Gasteiger partial charge >= 0.3 is 0 Å². The Morgan fingerprint density at radius 2 is 1.95 bits per heavy atom. The predicted octanol–water partition coefficient (Wildman–Crippen LogP) is 2.29. The summed E-state index contributed by atoms with van der Waals surface area (Å²) in [6, 6.07) is 7.38. The molecule has 1 fully saturated rings. The first-order valence-electron chi connectivity index (χ1n) is 7.42. The first kappa shape index (κ1) is 15.0. The fourth-order valence-electron chi connectivity index (χ4n) is 2.93. The molecule has 110 valence electrons. The second-order valence-corrected chi connectivity index (χ2v) is 5.59. The average molecular weight is 276 g/mol. The predicted molar refractivity (Wildman–Crippen MR) is 80.4 cm³/mol. The van der Waals surface area contributed by atoms with Crippen LogP contribution in [-0.2, 0) is 11.4 Å². The second kappa shape index (κ2) is 6.86. The van der Waals surface area contributed by atoms with Gasteiger partial charge in [-0.25, -0.2) is 0 Å². The summed E-state index contributed by atoms with van der Waals surface area (Å²) in [7, 11) is 0. The van der Waals surface area contributed by atoms with Crippen LogP contribution < -0.4 is 10.6 Å². The van der Waals surface area contributed by atoms with E-state index in [9.17, 15) is 4.79 Å². The molecule has 1 aromatic carbocycles. The zero-order chi connectivity index (χ0) is 14.4. The Kier molecular flexibility index (Phi) is 5.15. The van der Waals surface area contributed by atoms with Crippen LogP contribution in [0.3, 0.4) is 0 Å². The number of aliphatic hydroxyl groups is 1. The van der Waals surface area contributed by atoms with Crippen molar-refractivity contribution < 1.29 is 9.90 Å². The quantitative estimate of drug-likeness (QED) is 0.773. The second-order valence-electron chi connectivity index (χ2n) is 5.59. The zero-order valence-electron chi connectivity index (χ0n) is 12.1. The molecule has 0 spiro atoms. The van der Waals surface area contributed by atoms with Crippen LogP contribution in [0.5, 0.6) is 0 Å². The van der Waals surface area contributed by atoms with Crippen molar-refractivity contribution in [3.8, 4) is 0 Å². The summed E-state index contributed by atoms with van der Waals surface area (Å²) in [6.07, 6.45) is 3.77. The van der Waals surface area contributed by atoms with Crippen molar-refractivity contribution in [1.29, 1.82) is 0 Å². The Labute approximate surface area is 120 Å². The summed E-state index contributed by atoms with van der Waals surface area (Å²) in [5.74, 6) is 0.137. The number of carbonyl (C=O) groups is 1. The van der Waals surface area contributed by atoms with Gasteiger partial charge in [-0.3, -0.25) is 4.79 Å². The van der Waals surface area contributed by atoms with Crippen molar-refractivity contribution in [3.05, 3.63) is 29.8 Å². The number of hydrogen-bond donors (Lipinski definition) is 3. The topological polar surface area (TPSA) is 61.4 Å². The molecule has 20 heavy (non-hydrogen) atoms. The fourth-order valence-corrected chi connectivity index (χ4v) is 2.93. The summed E-state index contributed by atoms with van der Waals surface area (Å²) >= 11 is 0. The SMILES string of the molecule is CCCC1(C(=O)Nc2ccc(CO)cc2)CCNCC1. The maximum atomic E-state index is 12.6. The van der Waals surface area contributed by atoms with Gasteiger partial charge in [-0.2, -0.15) is 0 Å². The van der Waals surface area contributed by atoms with Crippen molar-refractivity contribution in [2.24, 2.45) is 5.41 Å². The molecule has 0 saturated carbocycles. The molecule has 1 aliphatic heterocycles. The van der Waals surface area contributed by atoms with Gasteiger partial charge in [0.2, 0.25) is 5.91 Å². The third kappa shape index (κ3) is 3.38. The molecule has 1 saturated heterocycles. The van der Waals surface area contributed by atoms with Crippen molar-refractivity contribution in [2.75, 3.05) is 18.4 Å². The molecule has 4 heteroatoms. The lowest BCUT2D eigenvalue weighted by Gasteiger charge is -2.36. The van der Waals surface area contributed by atoms with Crippen LogP contribution in [0.25, 0.3) is 0 Å². The number of rotatable bonds is 5. The standard InChI is InChI=1S/C16H24N2O2/c1-2-7-16(8-10-17-11-9-16)15(20)18-14-5-3-13(12-19)4-6-14/h3-6,17,19H,2,7-12H2,1H3,(H,18,20). The molecule has 1 aliphatic rings. The third-order valence-electron chi connectivity index (χ3n) is 4.17. The molecule has 3 N–H and O–H groups in total. The first-order valence-corrected chi connectivity index (χ1v) is 7.42. The van der Waals surface area contributed by atoms with Crippen molar-refractivity contribution in [2.45, 2.75) is 39.2 Å². The van der Waals surface area contributed by atoms with Crippen LogP contribution in [0.1, 0.15) is 38.2 Å². The number of anilines is 1. The maximum Gasteiger partial charge on any atom is 0.230 e. The monoisotopic (exact) mass is 276 g/mol. The Balaban J connectivity index is 2.07. The van der Waals surface area contributed by atoms with Gasteiger partial charge < -0.3 is 15.7 Å². The van der Waals surface area contributed by atoms with Gasteiger partial charge in [-0.15, -0.1) is 0 Å². The van der Waals surface area contributed by atoms with E-state index in [4.69, 9.17) is 5.11 Å². The van der Waals surface area contributed by atoms with Crippen molar-refractivity contribution in [1.82, 2.24) is 5.32 Å². The smallest absolute Gasteiger partial charge is 0.230 e. The Morgan fingerprint density at radius 1 is 1.30 bits per heavy atom. The van der Waals surface area contributed by atoms with Gasteiger partial charge in [-0.1, -0.05) is 25.5 Å². The largest absolute Gasteiger partial charge is 0.392 e. The number of benzene rings is 1. The number of piperidine rings is 1. The fraction of sp³-hybridized carbons (Fsp3) is 0.562. The van der Waals surface area contributed by atoms with Gasteiger partial charge in [0.05, 0.1) is 12.0 Å². The molecule has 1 amide bonds. The molecule has 0 aromatic heterocycles. The number of nitrogens with one attached hydrogen (secondary N) is 2. The van der Waals surface area contributed by atoms with E-state index < -0.39 is 0 Å². The van der Waals surface area contributed by atoms with Crippen LogP contribution in [0, 0.1) is 5.41 Å². The number of hydrogen-bond acceptors (Lipinski definition) is 3. The number of carbonyl (C=O) groups excluding carboxylic acids is 1. The van der Waals surface area contributed by atoms with E-state index >= 15 is 0 Å². The van der Waals surface area contributed by atoms with Crippen LogP contribution in [0.15, 0.2) is 24.3 Å². The normalized spacial score (nSPS) is 17.7. The van der Waals surface area contributed by atoms with Crippen molar-refractivity contribution >= 4 is 11.6 Å². The molecule has 0 bridgehead atoms. The summed E-state index contributed by atoms with van der Waals surface area (Å²) in [5.41, 5.74) is 1.43. The van der Waals surface area contributed by atoms with E-state index in [0.717, 1.165) is 50.0 Å². The molecule has 1 heterocycles. The van der Waals surface area contributed by atoms with Gasteiger partial charge in [0.25, 0.3) is 0 Å². The van der Waals surface area contributed by atoms with E-state index in [1.165, 1.54) is 0 Å². The molecule has 4 nitrogen and oxygen atoms in total. The summed E-state index contributed by atoms with van der Waals surface area (Å²) in [4.78, 5) is 12.6. The van der Waals surface area contributed by atoms with Crippen LogP contribution in [-0.4, -0.2) is 24.1 Å². The minimum absolute atomic E-state index is 0.0274. The van der Waals surface area contributed by atoms with Crippen LogP contribution >= 0.6 is 0 Å². The highest BCUT2D eigenvalue weighted by Crippen LogP contribution is 2.35. The highest BCUT2D eigenvalue weighted by atomic mass is 16.3. The highest BCUT2D eigenvalue weighted by molar-refractivity contribution is 5.95. The maximum absolute atomic E-state index is 12.6. The van der Waals surface area contributed by atoms with Crippen molar-refractivity contribution in [3.63, 3.8) is 0 Å². The first-order chi connectivity index (χ1) is 9.70. The lowest BCUT2D eigenvalue weighted by atomic mass is 9.74. The zero-order valence-corrected chi connectivity index (χ0v) is 12.1. The molecular weight excluding hydrogens is 252 g/mol. The highest BCUT2D eigenvalue weighted by Gasteiger charge is 2.38. The van der Waals surface area contributed by atoms with E-state index in [1.54, 1.807) is 0 Å². The van der Waals surface area contributed by atoms with Gasteiger partial charge in [0.15, 0.2) is 0 Å². The Morgan fingerprint density at radius 3 is 2.50 bits per heavy atom. The average Bonchev–Trinajstić information content (AvgIpc) is 2.49. The van der Waals surface area contributed by atoms with Gasteiger partial charge in [-0.05, 0) is 50.0 Å². The lowest BCUT2D eigenvalue weighted by Crippen LogP contribution is -2.44. The molecule has 0 unspecified atom stereocenters. The van der Waals surface area contributed by atoms with E-state index in [1.807, 2.05) is 24.3 Å². The minimum Gasteiger partial charge on any atom is -0.392 e. The summed E-state index contributed by atoms with van der Waals surface area (Å²) < 4.78 is 0. The van der Waals surface area contributed by atoms with Crippen LogP contribution in [0.4, 0.5) is 5.69 Å². The number of amides is 1. The summed E-state index contributed by atoms with van der Waals surface area (Å²) in [6.45, 7) is 3.99. The summed E-state index contributed by atoms with van der Waals surface area (Å²) in [5, 5.41) is 15.4. The Hall–Kier alpha value is -1.39. The Bertz CT molecular complexity index is 431. The molecule has 0 aliphatic carbocycles. The molecular formula is C16H24N2O2. The van der Waals surface area contributed by atoms with Gasteiger partial charge in [0.1, 0.15) is 0 Å². The van der Waals surface area contributed by atoms with E-state index in [0.29, 0.717) is 0 Å². The van der Waals surface area contributed by atoms with E-state index in [2.05, 4.69) is 17.6 Å². The molecule has 0 atom stereocenters. The van der Waals surface area contributed by atoms with Gasteiger partial charge in [0, 0.05) is 5.69 Å². The third-order valence-corrected chi connectivity index (χ3v) is 4.17. The molecule has 0 radical (unpaired) electrons. The molecule has 2 rings (SSSR count). The lowest BCUT2D eigenvalue weighted by molar-refractivity contribution is -0.127. The van der Waals surface area contributed by atoms with Crippen LogP contribution in [0.2, 0.25) is 0 Å². The minimum atomic E-state index is -0.227. The van der Waals surface area contributed by atoms with E-state index in [-0.39, 0.29) is 17.9 Å². The number of aliphatic hydroxyl groups excluding tert-OH is 1. The molecule has 1 aromatic rings.